The van der Waals surface area contributed by atoms with Crippen molar-refractivity contribution in [3.8, 4) is 0 Å². The molecular weight excluding hydrogens is 188 g/mol. The van der Waals surface area contributed by atoms with Crippen LogP contribution in [0.5, 0.6) is 0 Å². The SMILES string of the molecule is C=C[C@H](OCOC)[C@H](C=O)OCOC. The van der Waals surface area contributed by atoms with Gasteiger partial charge in [0.1, 0.15) is 25.8 Å². The average Bonchev–Trinajstić information content (AvgIpc) is 2.23. The fourth-order valence-electron chi connectivity index (χ4n) is 0.802. The standard InChI is InChI=1S/C9H16O5/c1-4-8(13-6-11-2)9(5-10)14-7-12-3/h4-5,8-9H,1,6-7H2,2-3H3/t8-,9-/m0/s1. The fraction of sp³-hybridized carbons (Fsp3) is 0.667. The molecule has 0 aliphatic carbocycles. The molecule has 0 saturated heterocycles. The molecule has 0 amide bonds. The van der Waals surface area contributed by atoms with Gasteiger partial charge in [0.15, 0.2) is 6.29 Å². The summed E-state index contributed by atoms with van der Waals surface area (Å²) in [7, 11) is 2.97. The normalized spacial score (nSPS) is 14.7. The fourth-order valence-corrected chi connectivity index (χ4v) is 0.802. The average molecular weight is 204 g/mol. The largest absolute Gasteiger partial charge is 0.359 e. The Labute approximate surface area is 83.6 Å². The van der Waals surface area contributed by atoms with E-state index >= 15 is 0 Å². The van der Waals surface area contributed by atoms with Crippen LogP contribution >= 0.6 is 0 Å². The summed E-state index contributed by atoms with van der Waals surface area (Å²) in [6, 6.07) is 0. The number of carbonyl (C=O) groups excluding carboxylic acids is 1. The van der Waals surface area contributed by atoms with Crippen LogP contribution in [0.1, 0.15) is 0 Å². The van der Waals surface area contributed by atoms with E-state index < -0.39 is 12.2 Å². The van der Waals surface area contributed by atoms with Crippen LogP contribution in [0.25, 0.3) is 0 Å². The number of rotatable bonds is 9. The van der Waals surface area contributed by atoms with Crippen LogP contribution in [0.4, 0.5) is 0 Å². The number of carbonyl (C=O) groups is 1. The number of aldehydes is 1. The lowest BCUT2D eigenvalue weighted by molar-refractivity contribution is -0.153. The molecule has 0 spiro atoms. The molecule has 0 aromatic heterocycles. The minimum atomic E-state index is -0.720. The van der Waals surface area contributed by atoms with E-state index in [1.807, 2.05) is 0 Å². The van der Waals surface area contributed by atoms with Gasteiger partial charge >= 0.3 is 0 Å². The number of ether oxygens (including phenoxy) is 4. The maximum Gasteiger partial charge on any atom is 0.151 e. The first-order valence-electron chi connectivity index (χ1n) is 4.09. The Morgan fingerprint density at radius 3 is 2.00 bits per heavy atom. The zero-order chi connectivity index (χ0) is 10.8. The molecule has 5 heteroatoms. The molecule has 0 aliphatic heterocycles. The van der Waals surface area contributed by atoms with Gasteiger partial charge in [0, 0.05) is 14.2 Å². The van der Waals surface area contributed by atoms with Crippen LogP contribution in [0.3, 0.4) is 0 Å². The van der Waals surface area contributed by atoms with Gasteiger partial charge < -0.3 is 23.7 Å². The van der Waals surface area contributed by atoms with Crippen molar-refractivity contribution in [3.05, 3.63) is 12.7 Å². The van der Waals surface area contributed by atoms with Gasteiger partial charge in [-0.25, -0.2) is 0 Å². The van der Waals surface area contributed by atoms with Gasteiger partial charge in [0.2, 0.25) is 0 Å². The first-order chi connectivity index (χ1) is 6.79. The third kappa shape index (κ3) is 5.08. The van der Waals surface area contributed by atoms with Crippen molar-refractivity contribution in [2.75, 3.05) is 27.8 Å². The second-order valence-electron chi connectivity index (χ2n) is 2.45. The smallest absolute Gasteiger partial charge is 0.151 e. The van der Waals surface area contributed by atoms with E-state index in [1.54, 1.807) is 0 Å². The van der Waals surface area contributed by atoms with E-state index in [4.69, 9.17) is 14.2 Å². The summed E-state index contributed by atoms with van der Waals surface area (Å²) in [5, 5.41) is 0. The van der Waals surface area contributed by atoms with Crippen molar-refractivity contribution in [2.24, 2.45) is 0 Å². The first kappa shape index (κ1) is 13.2. The highest BCUT2D eigenvalue weighted by molar-refractivity contribution is 5.57. The van der Waals surface area contributed by atoms with Crippen LogP contribution in [0.2, 0.25) is 0 Å². The molecule has 0 aliphatic rings. The second-order valence-corrected chi connectivity index (χ2v) is 2.45. The predicted octanol–water partition coefficient (Wildman–Crippen LogP) is 0.349. The van der Waals surface area contributed by atoms with Crippen molar-refractivity contribution >= 4 is 6.29 Å². The third-order valence-corrected chi connectivity index (χ3v) is 1.45. The molecule has 0 bridgehead atoms. The summed E-state index contributed by atoms with van der Waals surface area (Å²) in [4.78, 5) is 10.6. The Bertz CT molecular complexity index is 141. The van der Waals surface area contributed by atoms with E-state index in [0.29, 0.717) is 6.29 Å². The molecule has 14 heavy (non-hydrogen) atoms. The van der Waals surface area contributed by atoms with Crippen LogP contribution in [-0.4, -0.2) is 46.3 Å². The Hall–Kier alpha value is -0.750. The van der Waals surface area contributed by atoms with E-state index in [2.05, 4.69) is 11.3 Å². The zero-order valence-electron chi connectivity index (χ0n) is 8.47. The van der Waals surface area contributed by atoms with E-state index in [0.717, 1.165) is 0 Å². The quantitative estimate of drug-likeness (QED) is 0.308. The Morgan fingerprint density at radius 1 is 1.14 bits per heavy atom. The third-order valence-electron chi connectivity index (χ3n) is 1.45. The molecule has 0 aromatic rings. The molecule has 0 rings (SSSR count). The van der Waals surface area contributed by atoms with Crippen molar-refractivity contribution in [3.63, 3.8) is 0 Å². The van der Waals surface area contributed by atoms with Crippen molar-refractivity contribution in [2.45, 2.75) is 12.2 Å². The topological polar surface area (TPSA) is 54.0 Å². The minimum absolute atomic E-state index is 0.0318. The minimum Gasteiger partial charge on any atom is -0.359 e. The van der Waals surface area contributed by atoms with E-state index in [1.165, 1.54) is 20.3 Å². The van der Waals surface area contributed by atoms with E-state index in [-0.39, 0.29) is 13.6 Å². The Kier molecular flexibility index (Phi) is 8.36. The van der Waals surface area contributed by atoms with Gasteiger partial charge in [-0.15, -0.1) is 6.58 Å². The molecule has 0 unspecified atom stereocenters. The van der Waals surface area contributed by atoms with Gasteiger partial charge in [0.25, 0.3) is 0 Å². The molecule has 0 N–H and O–H groups in total. The molecule has 82 valence electrons. The van der Waals surface area contributed by atoms with Gasteiger partial charge in [0.05, 0.1) is 0 Å². The summed E-state index contributed by atoms with van der Waals surface area (Å²) in [6.45, 7) is 3.64. The maximum absolute atomic E-state index is 10.6. The zero-order valence-corrected chi connectivity index (χ0v) is 8.47. The number of methoxy groups -OCH3 is 2. The van der Waals surface area contributed by atoms with Crippen molar-refractivity contribution in [1.29, 1.82) is 0 Å². The molecule has 0 aromatic carbocycles. The monoisotopic (exact) mass is 204 g/mol. The van der Waals surface area contributed by atoms with Crippen molar-refractivity contribution in [1.82, 2.24) is 0 Å². The van der Waals surface area contributed by atoms with Crippen molar-refractivity contribution < 1.29 is 23.7 Å². The van der Waals surface area contributed by atoms with Gasteiger partial charge in [-0.05, 0) is 0 Å². The lowest BCUT2D eigenvalue weighted by Crippen LogP contribution is -2.32. The molecule has 0 saturated carbocycles. The highest BCUT2D eigenvalue weighted by Gasteiger charge is 2.19. The van der Waals surface area contributed by atoms with Crippen LogP contribution in [0.15, 0.2) is 12.7 Å². The molecule has 2 atom stereocenters. The van der Waals surface area contributed by atoms with Gasteiger partial charge in [-0.3, -0.25) is 0 Å². The van der Waals surface area contributed by atoms with Gasteiger partial charge in [-0.2, -0.15) is 0 Å². The Balaban J connectivity index is 4.00. The Morgan fingerprint density at radius 2 is 1.64 bits per heavy atom. The molecule has 0 fully saturated rings. The lowest BCUT2D eigenvalue weighted by Gasteiger charge is -2.19. The second kappa shape index (κ2) is 8.83. The summed E-state index contributed by atoms with van der Waals surface area (Å²) in [5.74, 6) is 0. The van der Waals surface area contributed by atoms with Gasteiger partial charge in [-0.1, -0.05) is 6.08 Å². The summed E-state index contributed by atoms with van der Waals surface area (Å²) in [5.41, 5.74) is 0. The summed E-state index contributed by atoms with van der Waals surface area (Å²) >= 11 is 0. The van der Waals surface area contributed by atoms with Crippen LogP contribution in [-0.2, 0) is 23.7 Å². The lowest BCUT2D eigenvalue weighted by atomic mass is 10.2. The molecular formula is C9H16O5. The highest BCUT2D eigenvalue weighted by atomic mass is 16.7. The maximum atomic E-state index is 10.6. The highest BCUT2D eigenvalue weighted by Crippen LogP contribution is 2.03. The molecule has 0 heterocycles. The predicted molar refractivity (Wildman–Crippen MR) is 49.8 cm³/mol. The van der Waals surface area contributed by atoms with E-state index in [9.17, 15) is 4.79 Å². The van der Waals surface area contributed by atoms with Crippen LogP contribution < -0.4 is 0 Å². The number of hydrogen-bond donors (Lipinski definition) is 0. The number of hydrogen-bond acceptors (Lipinski definition) is 5. The molecule has 5 nitrogen and oxygen atoms in total. The summed E-state index contributed by atoms with van der Waals surface area (Å²) in [6.07, 6.45) is 0.875. The summed E-state index contributed by atoms with van der Waals surface area (Å²) < 4.78 is 19.6. The van der Waals surface area contributed by atoms with Crippen LogP contribution in [0, 0.1) is 0 Å². The molecule has 0 radical (unpaired) electrons. The first-order valence-corrected chi connectivity index (χ1v) is 4.09.